The summed E-state index contributed by atoms with van der Waals surface area (Å²) < 4.78 is 27.0. The van der Waals surface area contributed by atoms with E-state index < -0.39 is 11.1 Å². The Labute approximate surface area is 114 Å². The third-order valence-electron chi connectivity index (χ3n) is 2.56. The van der Waals surface area contributed by atoms with Crippen molar-refractivity contribution in [2.75, 3.05) is 0 Å². The highest BCUT2D eigenvalue weighted by molar-refractivity contribution is 7.79. The van der Waals surface area contributed by atoms with Crippen LogP contribution in [0.5, 0.6) is 5.75 Å². The number of aryl methyl sites for hydroxylation is 2. The molecule has 100 valence electrons. The zero-order valence-corrected chi connectivity index (χ0v) is 11.6. The third-order valence-corrected chi connectivity index (χ3v) is 3.22. The molecule has 0 aliphatic rings. The Balaban J connectivity index is 2.03. The van der Waals surface area contributed by atoms with E-state index in [-0.39, 0.29) is 4.90 Å². The zero-order chi connectivity index (χ0) is 13.8. The van der Waals surface area contributed by atoms with Gasteiger partial charge in [-0.25, -0.2) is 0 Å². The van der Waals surface area contributed by atoms with Crippen molar-refractivity contribution in [3.05, 3.63) is 53.3 Å². The highest BCUT2D eigenvalue weighted by Crippen LogP contribution is 2.16. The molecule has 4 nitrogen and oxygen atoms in total. The Morgan fingerprint density at radius 3 is 2.26 bits per heavy atom. The number of nitrogens with zero attached hydrogens (tertiary/aromatic N) is 1. The van der Waals surface area contributed by atoms with Crippen LogP contribution in [0.4, 0.5) is 0 Å². The number of hydrogen-bond donors (Lipinski definition) is 0. The molecule has 0 aliphatic carbocycles. The minimum absolute atomic E-state index is 0.253. The van der Waals surface area contributed by atoms with Crippen LogP contribution in [0.1, 0.15) is 17.0 Å². The maximum Gasteiger partial charge on any atom is 0.119 e. The quantitative estimate of drug-likeness (QED) is 0.805. The maximum absolute atomic E-state index is 10.7. The van der Waals surface area contributed by atoms with Gasteiger partial charge in [-0.2, -0.15) is 0 Å². The van der Waals surface area contributed by atoms with E-state index in [1.54, 1.807) is 12.1 Å². The average Bonchev–Trinajstić information content (AvgIpc) is 2.36. The number of rotatable bonds is 4. The summed E-state index contributed by atoms with van der Waals surface area (Å²) in [5.41, 5.74) is 2.95. The number of benzene rings is 1. The lowest BCUT2D eigenvalue weighted by molar-refractivity contribution is 0.305. The van der Waals surface area contributed by atoms with Crippen LogP contribution in [0.3, 0.4) is 0 Å². The summed E-state index contributed by atoms with van der Waals surface area (Å²) in [5.74, 6) is 0.640. The summed E-state index contributed by atoms with van der Waals surface area (Å²) in [7, 11) is 0. The van der Waals surface area contributed by atoms with Gasteiger partial charge < -0.3 is 9.29 Å². The molecular weight excluding hydrogens is 262 g/mol. The van der Waals surface area contributed by atoms with Gasteiger partial charge >= 0.3 is 0 Å². The Morgan fingerprint density at radius 2 is 1.74 bits per heavy atom. The molecule has 0 bridgehead atoms. The molecule has 0 saturated heterocycles. The first-order valence-electron chi connectivity index (χ1n) is 5.81. The van der Waals surface area contributed by atoms with E-state index in [4.69, 9.17) is 4.74 Å². The van der Waals surface area contributed by atoms with Crippen LogP contribution in [-0.4, -0.2) is 13.7 Å². The fourth-order valence-corrected chi connectivity index (χ4v) is 2.18. The molecular formula is C14H14NO3S-. The van der Waals surface area contributed by atoms with Gasteiger partial charge in [-0.05, 0) is 66.9 Å². The predicted molar refractivity (Wildman–Crippen MR) is 71.7 cm³/mol. The van der Waals surface area contributed by atoms with Crippen molar-refractivity contribution in [2.45, 2.75) is 25.3 Å². The monoisotopic (exact) mass is 276 g/mol. The number of hydrogen-bond acceptors (Lipinski definition) is 4. The highest BCUT2D eigenvalue weighted by atomic mass is 32.2. The van der Waals surface area contributed by atoms with Gasteiger partial charge in [0.15, 0.2) is 0 Å². The smallest absolute Gasteiger partial charge is 0.119 e. The number of ether oxygens (including phenoxy) is 1. The molecule has 1 atom stereocenters. The van der Waals surface area contributed by atoms with Gasteiger partial charge in [-0.3, -0.25) is 9.19 Å². The summed E-state index contributed by atoms with van der Waals surface area (Å²) in [5, 5.41) is 0. The molecule has 0 amide bonds. The Hall–Kier alpha value is -1.72. The predicted octanol–water partition coefficient (Wildman–Crippen LogP) is 2.52. The van der Waals surface area contributed by atoms with E-state index in [0.717, 1.165) is 17.0 Å². The number of pyridine rings is 1. The molecule has 0 saturated carbocycles. The summed E-state index contributed by atoms with van der Waals surface area (Å²) >= 11 is -2.20. The van der Waals surface area contributed by atoms with E-state index >= 15 is 0 Å². The van der Waals surface area contributed by atoms with Crippen LogP contribution in [0.25, 0.3) is 0 Å². The van der Waals surface area contributed by atoms with Crippen LogP contribution in [-0.2, 0) is 17.7 Å². The van der Waals surface area contributed by atoms with Crippen molar-refractivity contribution in [2.24, 2.45) is 0 Å². The van der Waals surface area contributed by atoms with Crippen LogP contribution < -0.4 is 4.74 Å². The molecule has 2 aromatic rings. The van der Waals surface area contributed by atoms with Crippen molar-refractivity contribution in [3.8, 4) is 5.75 Å². The lowest BCUT2D eigenvalue weighted by atomic mass is 10.2. The van der Waals surface area contributed by atoms with Crippen molar-refractivity contribution in [3.63, 3.8) is 0 Å². The first kappa shape index (κ1) is 13.7. The number of aromatic nitrogens is 1. The molecule has 5 heteroatoms. The Morgan fingerprint density at radius 1 is 1.16 bits per heavy atom. The van der Waals surface area contributed by atoms with Gasteiger partial charge in [-0.1, -0.05) is 0 Å². The van der Waals surface area contributed by atoms with Gasteiger partial charge in [0.05, 0.1) is 0 Å². The first-order valence-corrected chi connectivity index (χ1v) is 6.88. The minimum atomic E-state index is -2.20. The van der Waals surface area contributed by atoms with Crippen molar-refractivity contribution < 1.29 is 13.5 Å². The SMILES string of the molecule is Cc1cc(COc2ccc(S(=O)[O-])cc2)cc(C)n1. The van der Waals surface area contributed by atoms with E-state index in [2.05, 4.69) is 4.98 Å². The lowest BCUT2D eigenvalue weighted by Crippen LogP contribution is -1.98. The summed E-state index contributed by atoms with van der Waals surface area (Å²) in [6.45, 7) is 4.31. The fourth-order valence-electron chi connectivity index (χ4n) is 1.82. The Bertz CT molecular complexity index is 576. The van der Waals surface area contributed by atoms with Crippen LogP contribution in [0.15, 0.2) is 41.3 Å². The van der Waals surface area contributed by atoms with Crippen LogP contribution in [0.2, 0.25) is 0 Å². The Kier molecular flexibility index (Phi) is 4.29. The average molecular weight is 276 g/mol. The second-order valence-corrected chi connectivity index (χ2v) is 5.19. The van der Waals surface area contributed by atoms with E-state index in [1.807, 2.05) is 26.0 Å². The highest BCUT2D eigenvalue weighted by Gasteiger charge is 2.00. The van der Waals surface area contributed by atoms with Gasteiger partial charge in [0.2, 0.25) is 0 Å². The minimum Gasteiger partial charge on any atom is -0.768 e. The van der Waals surface area contributed by atoms with Crippen molar-refractivity contribution in [1.29, 1.82) is 0 Å². The van der Waals surface area contributed by atoms with Gasteiger partial charge in [0, 0.05) is 16.3 Å². The van der Waals surface area contributed by atoms with Crippen molar-refractivity contribution in [1.82, 2.24) is 4.98 Å². The summed E-state index contributed by atoms with van der Waals surface area (Å²) in [6, 6.07) is 10.3. The molecule has 19 heavy (non-hydrogen) atoms. The lowest BCUT2D eigenvalue weighted by Gasteiger charge is -2.09. The molecule has 0 aliphatic heterocycles. The molecule has 1 aromatic carbocycles. The molecule has 0 fully saturated rings. The van der Waals surface area contributed by atoms with E-state index in [1.165, 1.54) is 12.1 Å². The second-order valence-electron chi connectivity index (χ2n) is 4.25. The van der Waals surface area contributed by atoms with Crippen molar-refractivity contribution >= 4 is 11.1 Å². The largest absolute Gasteiger partial charge is 0.768 e. The second kappa shape index (κ2) is 5.95. The van der Waals surface area contributed by atoms with Crippen LogP contribution >= 0.6 is 0 Å². The van der Waals surface area contributed by atoms with Gasteiger partial charge in [0.25, 0.3) is 0 Å². The third kappa shape index (κ3) is 3.87. The van der Waals surface area contributed by atoms with Crippen LogP contribution in [0, 0.1) is 13.8 Å². The molecule has 0 radical (unpaired) electrons. The maximum atomic E-state index is 10.7. The molecule has 0 N–H and O–H groups in total. The summed E-state index contributed by atoms with van der Waals surface area (Å²) in [6.07, 6.45) is 0. The van der Waals surface area contributed by atoms with E-state index in [0.29, 0.717) is 12.4 Å². The molecule has 2 rings (SSSR count). The van der Waals surface area contributed by atoms with Gasteiger partial charge in [-0.15, -0.1) is 0 Å². The molecule has 0 spiro atoms. The first-order chi connectivity index (χ1) is 9.04. The topological polar surface area (TPSA) is 62.2 Å². The van der Waals surface area contributed by atoms with E-state index in [9.17, 15) is 8.76 Å². The standard InChI is InChI=1S/C14H15NO3S/c1-10-7-12(8-11(2)15-10)9-18-13-3-5-14(6-4-13)19(16)17/h3-8H,9H2,1-2H3,(H,16,17)/p-1. The molecule has 1 aromatic heterocycles. The normalized spacial score (nSPS) is 12.2. The fraction of sp³-hybridized carbons (Fsp3) is 0.214. The summed E-state index contributed by atoms with van der Waals surface area (Å²) in [4.78, 5) is 4.55. The molecule has 1 heterocycles. The zero-order valence-electron chi connectivity index (χ0n) is 10.8. The van der Waals surface area contributed by atoms with Gasteiger partial charge in [0.1, 0.15) is 12.4 Å². The molecule has 1 unspecified atom stereocenters.